The Labute approximate surface area is 149 Å². The van der Waals surface area contributed by atoms with Crippen molar-refractivity contribution in [1.82, 2.24) is 15.6 Å². The molecule has 0 aliphatic rings. The summed E-state index contributed by atoms with van der Waals surface area (Å²) in [6.45, 7) is 1.28. The van der Waals surface area contributed by atoms with E-state index in [9.17, 15) is 18.4 Å². The molecule has 3 amide bonds. The van der Waals surface area contributed by atoms with Gasteiger partial charge in [0.15, 0.2) is 5.75 Å². The van der Waals surface area contributed by atoms with E-state index in [1.165, 1.54) is 18.3 Å². The fourth-order valence-electron chi connectivity index (χ4n) is 2.15. The van der Waals surface area contributed by atoms with Gasteiger partial charge < -0.3 is 20.7 Å². The second-order valence-electron chi connectivity index (χ2n) is 5.89. The Morgan fingerprint density at radius 2 is 1.96 bits per heavy atom. The number of anilines is 1. The predicted octanol–water partition coefficient (Wildman–Crippen LogP) is 2.73. The zero-order chi connectivity index (χ0) is 19.1. The van der Waals surface area contributed by atoms with Gasteiger partial charge in [-0.25, -0.2) is 4.79 Å². The van der Waals surface area contributed by atoms with E-state index in [1.54, 1.807) is 12.1 Å². The van der Waals surface area contributed by atoms with E-state index in [-0.39, 0.29) is 23.7 Å². The average Bonchev–Trinajstić information content (AvgIpc) is 2.60. The molecule has 0 fully saturated rings. The molecule has 26 heavy (non-hydrogen) atoms. The van der Waals surface area contributed by atoms with Crippen molar-refractivity contribution in [3.8, 4) is 5.75 Å². The molecule has 7 nitrogen and oxygen atoms in total. The van der Waals surface area contributed by atoms with Crippen molar-refractivity contribution in [1.29, 1.82) is 0 Å². The molecule has 1 aromatic heterocycles. The molecule has 140 valence electrons. The van der Waals surface area contributed by atoms with Crippen molar-refractivity contribution in [2.75, 3.05) is 18.4 Å². The maximum Gasteiger partial charge on any atom is 0.387 e. The monoisotopic (exact) mass is 366 g/mol. The summed E-state index contributed by atoms with van der Waals surface area (Å²) >= 11 is 0. The number of pyridine rings is 1. The Morgan fingerprint density at radius 1 is 1.19 bits per heavy atom. The Balaban J connectivity index is 2.04. The highest BCUT2D eigenvalue weighted by Crippen LogP contribution is 2.30. The summed E-state index contributed by atoms with van der Waals surface area (Å²) in [6.07, 6.45) is 1.43. The van der Waals surface area contributed by atoms with E-state index in [1.807, 2.05) is 13.8 Å². The molecule has 3 N–H and O–H groups in total. The number of urea groups is 1. The fraction of sp³-hybridized carbons (Fsp3) is 0.353. The van der Waals surface area contributed by atoms with Gasteiger partial charge in [0, 0.05) is 18.1 Å². The second-order valence-corrected chi connectivity index (χ2v) is 5.89. The Morgan fingerprint density at radius 3 is 2.65 bits per heavy atom. The summed E-state index contributed by atoms with van der Waals surface area (Å²) in [6, 6.07) is 5.35. The lowest BCUT2D eigenvalue weighted by Crippen LogP contribution is -2.40. The standard InChI is InChI=1S/C17H20F2N4O3/c1-10(2)8-21-14(24)9-22-17(25)23-12-5-6-13(26-16(18)19)15-11(12)4-3-7-20-15/h3-7,10,16H,8-9H2,1-2H3,(H,21,24)(H2,22,23,25). The number of fused-ring (bicyclic) bond motifs is 1. The first kappa shape index (κ1) is 19.4. The number of amides is 3. The van der Waals surface area contributed by atoms with Crippen molar-refractivity contribution < 1.29 is 23.1 Å². The van der Waals surface area contributed by atoms with Crippen LogP contribution in [0.5, 0.6) is 5.75 Å². The van der Waals surface area contributed by atoms with E-state index < -0.39 is 12.6 Å². The molecular formula is C17H20F2N4O3. The van der Waals surface area contributed by atoms with Crippen LogP contribution in [-0.4, -0.2) is 36.6 Å². The summed E-state index contributed by atoms with van der Waals surface area (Å²) in [7, 11) is 0. The number of aromatic nitrogens is 1. The molecule has 0 atom stereocenters. The van der Waals surface area contributed by atoms with Crippen LogP contribution in [0, 0.1) is 5.92 Å². The molecule has 1 aromatic carbocycles. The van der Waals surface area contributed by atoms with Crippen LogP contribution in [0.3, 0.4) is 0 Å². The third kappa shape index (κ3) is 5.54. The summed E-state index contributed by atoms with van der Waals surface area (Å²) in [5, 5.41) is 8.12. The molecule has 1 heterocycles. The zero-order valence-electron chi connectivity index (χ0n) is 14.4. The van der Waals surface area contributed by atoms with Crippen LogP contribution in [0.2, 0.25) is 0 Å². The molecular weight excluding hydrogens is 346 g/mol. The van der Waals surface area contributed by atoms with E-state index in [4.69, 9.17) is 0 Å². The lowest BCUT2D eigenvalue weighted by molar-refractivity contribution is -0.120. The number of nitrogens with one attached hydrogen (secondary N) is 3. The molecule has 0 radical (unpaired) electrons. The molecule has 0 saturated heterocycles. The highest BCUT2D eigenvalue weighted by molar-refractivity contribution is 6.02. The first-order valence-electron chi connectivity index (χ1n) is 8.01. The van der Waals surface area contributed by atoms with Crippen LogP contribution >= 0.6 is 0 Å². The fourth-order valence-corrected chi connectivity index (χ4v) is 2.15. The number of carbonyl (C=O) groups excluding carboxylic acids is 2. The highest BCUT2D eigenvalue weighted by atomic mass is 19.3. The lowest BCUT2D eigenvalue weighted by Gasteiger charge is -2.13. The first-order valence-corrected chi connectivity index (χ1v) is 8.01. The van der Waals surface area contributed by atoms with Gasteiger partial charge in [-0.15, -0.1) is 0 Å². The summed E-state index contributed by atoms with van der Waals surface area (Å²) in [4.78, 5) is 27.6. The van der Waals surface area contributed by atoms with E-state index in [0.29, 0.717) is 23.5 Å². The largest absolute Gasteiger partial charge is 0.432 e. The van der Waals surface area contributed by atoms with Crippen LogP contribution in [-0.2, 0) is 4.79 Å². The van der Waals surface area contributed by atoms with Gasteiger partial charge in [0.25, 0.3) is 0 Å². The lowest BCUT2D eigenvalue weighted by atomic mass is 10.1. The normalized spacial score (nSPS) is 10.8. The van der Waals surface area contributed by atoms with E-state index in [0.717, 1.165) is 0 Å². The second kappa shape index (κ2) is 8.93. The average molecular weight is 366 g/mol. The number of carbonyl (C=O) groups is 2. The Bertz CT molecular complexity index is 784. The molecule has 0 aliphatic heterocycles. The minimum atomic E-state index is -2.98. The Hall–Kier alpha value is -2.97. The molecule has 2 rings (SSSR count). The van der Waals surface area contributed by atoms with Crippen molar-refractivity contribution in [3.63, 3.8) is 0 Å². The van der Waals surface area contributed by atoms with Crippen molar-refractivity contribution in [2.24, 2.45) is 5.92 Å². The van der Waals surface area contributed by atoms with Gasteiger partial charge in [-0.2, -0.15) is 8.78 Å². The number of ether oxygens (including phenoxy) is 1. The third-order valence-electron chi connectivity index (χ3n) is 3.31. The quantitative estimate of drug-likeness (QED) is 0.703. The summed E-state index contributed by atoms with van der Waals surface area (Å²) in [5.41, 5.74) is 0.551. The maximum atomic E-state index is 12.5. The number of rotatable bonds is 7. The third-order valence-corrected chi connectivity index (χ3v) is 3.31. The van der Waals surface area contributed by atoms with Gasteiger partial charge in [-0.3, -0.25) is 9.78 Å². The van der Waals surface area contributed by atoms with Crippen molar-refractivity contribution >= 4 is 28.5 Å². The van der Waals surface area contributed by atoms with Crippen LogP contribution < -0.4 is 20.7 Å². The Kier molecular flexibility index (Phi) is 6.65. The highest BCUT2D eigenvalue weighted by Gasteiger charge is 2.14. The van der Waals surface area contributed by atoms with Crippen LogP contribution in [0.15, 0.2) is 30.5 Å². The van der Waals surface area contributed by atoms with Crippen LogP contribution in [0.4, 0.5) is 19.3 Å². The van der Waals surface area contributed by atoms with Gasteiger partial charge in [0.05, 0.1) is 12.2 Å². The topological polar surface area (TPSA) is 92.4 Å². The van der Waals surface area contributed by atoms with E-state index >= 15 is 0 Å². The number of hydrogen-bond acceptors (Lipinski definition) is 4. The van der Waals surface area contributed by atoms with E-state index in [2.05, 4.69) is 25.7 Å². The zero-order valence-corrected chi connectivity index (χ0v) is 14.4. The van der Waals surface area contributed by atoms with Crippen molar-refractivity contribution in [3.05, 3.63) is 30.5 Å². The smallest absolute Gasteiger partial charge is 0.387 e. The first-order chi connectivity index (χ1) is 12.4. The molecule has 0 unspecified atom stereocenters. The van der Waals surface area contributed by atoms with Gasteiger partial charge in [0.2, 0.25) is 5.91 Å². The number of benzene rings is 1. The maximum absolute atomic E-state index is 12.5. The molecule has 0 saturated carbocycles. The van der Waals surface area contributed by atoms with Crippen molar-refractivity contribution in [2.45, 2.75) is 20.5 Å². The van der Waals surface area contributed by atoms with Crippen LogP contribution in [0.25, 0.3) is 10.9 Å². The number of halogens is 2. The van der Waals surface area contributed by atoms with Gasteiger partial charge in [0.1, 0.15) is 5.52 Å². The number of hydrogen-bond donors (Lipinski definition) is 3. The van der Waals surface area contributed by atoms with Gasteiger partial charge in [-0.1, -0.05) is 13.8 Å². The molecule has 0 aliphatic carbocycles. The van der Waals surface area contributed by atoms with Crippen LogP contribution in [0.1, 0.15) is 13.8 Å². The minimum Gasteiger partial charge on any atom is -0.432 e. The van der Waals surface area contributed by atoms with Gasteiger partial charge >= 0.3 is 12.6 Å². The molecule has 0 bridgehead atoms. The minimum absolute atomic E-state index is 0.0883. The predicted molar refractivity (Wildman–Crippen MR) is 93.2 cm³/mol. The summed E-state index contributed by atoms with van der Waals surface area (Å²) in [5.74, 6) is -0.0868. The molecule has 0 spiro atoms. The number of nitrogens with zero attached hydrogens (tertiary/aromatic N) is 1. The summed E-state index contributed by atoms with van der Waals surface area (Å²) < 4.78 is 29.4. The molecule has 2 aromatic rings. The van der Waals surface area contributed by atoms with Gasteiger partial charge in [-0.05, 0) is 30.2 Å². The molecule has 9 heteroatoms. The SMILES string of the molecule is CC(C)CNC(=O)CNC(=O)Nc1ccc(OC(F)F)c2ncccc12. The number of alkyl halides is 2.